The maximum atomic E-state index is 12.2. The maximum Gasteiger partial charge on any atom is 0.347 e. The Morgan fingerprint density at radius 2 is 2.10 bits per heavy atom. The summed E-state index contributed by atoms with van der Waals surface area (Å²) in [6.45, 7) is 1.43. The zero-order valence-electron chi connectivity index (χ0n) is 10.2. The number of carboxylic acid groups (broad SMARTS) is 1. The van der Waals surface area contributed by atoms with Gasteiger partial charge in [-0.1, -0.05) is 11.3 Å². The fourth-order valence-electron chi connectivity index (χ4n) is 1.56. The lowest BCUT2D eigenvalue weighted by Crippen LogP contribution is -2.25. The van der Waals surface area contributed by atoms with E-state index in [1.165, 1.54) is 17.7 Å². The van der Waals surface area contributed by atoms with Crippen LogP contribution in [0.1, 0.15) is 20.9 Å². The number of aryl methyl sites for hydroxylation is 1. The average Bonchev–Trinajstić information content (AvgIpc) is 2.93. The highest BCUT2D eigenvalue weighted by atomic mass is 32.2. The molecule has 7 nitrogen and oxygen atoms in total. The van der Waals surface area contributed by atoms with Crippen LogP contribution in [0.5, 0.6) is 0 Å². The second kappa shape index (κ2) is 5.48. The molecule has 0 aromatic carbocycles. The van der Waals surface area contributed by atoms with Crippen molar-refractivity contribution in [3.63, 3.8) is 0 Å². The molecule has 0 aliphatic rings. The molecular formula is C10H10N2O5S3. The number of thiophene rings is 1. The number of carbonyl (C=O) groups is 1. The molecule has 3 N–H and O–H groups in total. The van der Waals surface area contributed by atoms with Crippen LogP contribution in [-0.4, -0.2) is 24.5 Å². The van der Waals surface area contributed by atoms with E-state index >= 15 is 0 Å². The van der Waals surface area contributed by atoms with E-state index in [1.54, 1.807) is 0 Å². The molecule has 2 aromatic heterocycles. The number of nitrogens with one attached hydrogen (secondary N) is 2. The number of sulfonamides is 1. The molecule has 2 aromatic rings. The molecule has 0 radical (unpaired) electrons. The predicted molar refractivity (Wildman–Crippen MR) is 75.0 cm³/mol. The molecular weight excluding hydrogens is 324 g/mol. The Kier molecular flexibility index (Phi) is 4.09. The fourth-order valence-corrected chi connectivity index (χ4v) is 4.78. The van der Waals surface area contributed by atoms with E-state index in [9.17, 15) is 18.0 Å². The lowest BCUT2D eigenvalue weighted by molar-refractivity contribution is 0.0698. The van der Waals surface area contributed by atoms with Crippen molar-refractivity contribution in [3.05, 3.63) is 36.6 Å². The summed E-state index contributed by atoms with van der Waals surface area (Å²) in [5, 5.41) is 12.0. The third-order valence-electron chi connectivity index (χ3n) is 2.40. The lowest BCUT2D eigenvalue weighted by atomic mass is 10.3. The summed E-state index contributed by atoms with van der Waals surface area (Å²) in [7, 11) is -3.95. The molecule has 0 bridgehead atoms. The van der Waals surface area contributed by atoms with E-state index in [4.69, 9.17) is 5.11 Å². The van der Waals surface area contributed by atoms with E-state index in [1.807, 2.05) is 0 Å². The molecule has 20 heavy (non-hydrogen) atoms. The molecule has 0 atom stereocenters. The quantitative estimate of drug-likeness (QED) is 0.754. The lowest BCUT2D eigenvalue weighted by Gasteiger charge is -2.06. The van der Waals surface area contributed by atoms with Crippen LogP contribution in [0.25, 0.3) is 0 Å². The highest BCUT2D eigenvalue weighted by Gasteiger charge is 2.26. The van der Waals surface area contributed by atoms with Crippen molar-refractivity contribution in [2.24, 2.45) is 0 Å². The number of hydrogen-bond donors (Lipinski definition) is 3. The van der Waals surface area contributed by atoms with Crippen molar-refractivity contribution >= 4 is 38.7 Å². The van der Waals surface area contributed by atoms with Crippen LogP contribution in [0.15, 0.2) is 20.5 Å². The topological polar surface area (TPSA) is 116 Å². The number of rotatable bonds is 5. The van der Waals surface area contributed by atoms with Gasteiger partial charge in [0.2, 0.25) is 10.0 Å². The molecule has 0 fully saturated rings. The standard InChI is InChI=1S/C10H10N2O5S3/c1-5-3-18-7(9(13)14)8(5)20(16,17)11-2-6-4-19-10(15)12-6/h3-4,11H,2H2,1H3,(H,12,15)(H,13,14). The molecule has 2 heterocycles. The average molecular weight is 334 g/mol. The van der Waals surface area contributed by atoms with Gasteiger partial charge in [0.25, 0.3) is 0 Å². The summed E-state index contributed by atoms with van der Waals surface area (Å²) >= 11 is 1.79. The second-order valence-electron chi connectivity index (χ2n) is 3.88. The van der Waals surface area contributed by atoms with Crippen LogP contribution in [0.4, 0.5) is 0 Å². The first kappa shape index (κ1) is 14.9. The summed E-state index contributed by atoms with van der Waals surface area (Å²) in [6.07, 6.45) is 0. The van der Waals surface area contributed by atoms with E-state index in [-0.39, 0.29) is 21.2 Å². The first-order valence-electron chi connectivity index (χ1n) is 5.29. The van der Waals surface area contributed by atoms with E-state index in [2.05, 4.69) is 9.71 Å². The van der Waals surface area contributed by atoms with Gasteiger partial charge in [0.15, 0.2) is 0 Å². The third kappa shape index (κ3) is 2.98. The summed E-state index contributed by atoms with van der Waals surface area (Å²) in [4.78, 5) is 23.7. The van der Waals surface area contributed by atoms with Crippen molar-refractivity contribution in [1.29, 1.82) is 0 Å². The Labute approximate surface area is 122 Å². The first-order chi connectivity index (χ1) is 9.31. The van der Waals surface area contributed by atoms with Gasteiger partial charge in [0.05, 0.1) is 6.54 Å². The molecule has 0 saturated heterocycles. The minimum absolute atomic E-state index is 0.102. The highest BCUT2D eigenvalue weighted by Crippen LogP contribution is 2.26. The Balaban J connectivity index is 2.29. The van der Waals surface area contributed by atoms with E-state index < -0.39 is 16.0 Å². The van der Waals surface area contributed by atoms with Gasteiger partial charge in [-0.25, -0.2) is 17.9 Å². The largest absolute Gasteiger partial charge is 0.477 e. The van der Waals surface area contributed by atoms with Crippen molar-refractivity contribution in [3.8, 4) is 0 Å². The fraction of sp³-hybridized carbons (Fsp3) is 0.200. The minimum atomic E-state index is -3.95. The minimum Gasteiger partial charge on any atom is -0.477 e. The van der Waals surface area contributed by atoms with Crippen LogP contribution in [0, 0.1) is 6.92 Å². The van der Waals surface area contributed by atoms with Gasteiger partial charge >= 0.3 is 10.8 Å². The van der Waals surface area contributed by atoms with Crippen LogP contribution in [0.2, 0.25) is 0 Å². The molecule has 0 aliphatic heterocycles. The molecule has 0 spiro atoms. The normalized spacial score (nSPS) is 11.7. The number of carboxylic acids is 1. The van der Waals surface area contributed by atoms with Gasteiger partial charge in [0, 0.05) is 11.1 Å². The van der Waals surface area contributed by atoms with Crippen molar-refractivity contribution in [2.45, 2.75) is 18.4 Å². The van der Waals surface area contributed by atoms with Gasteiger partial charge < -0.3 is 10.1 Å². The first-order valence-corrected chi connectivity index (χ1v) is 8.53. The Morgan fingerprint density at radius 1 is 1.40 bits per heavy atom. The van der Waals surface area contributed by atoms with Crippen molar-refractivity contribution in [1.82, 2.24) is 9.71 Å². The van der Waals surface area contributed by atoms with E-state index in [0.29, 0.717) is 11.3 Å². The molecule has 2 rings (SSSR count). The zero-order chi connectivity index (χ0) is 14.9. The molecule has 10 heteroatoms. The monoisotopic (exact) mass is 334 g/mol. The molecule has 0 amide bonds. The van der Waals surface area contributed by atoms with Crippen LogP contribution in [-0.2, 0) is 16.6 Å². The van der Waals surface area contributed by atoms with Gasteiger partial charge in [0.1, 0.15) is 9.77 Å². The number of thiazole rings is 1. The van der Waals surface area contributed by atoms with Crippen LogP contribution < -0.4 is 9.60 Å². The summed E-state index contributed by atoms with van der Waals surface area (Å²) in [5.74, 6) is -1.28. The Bertz CT molecular complexity index is 799. The number of H-pyrrole nitrogens is 1. The van der Waals surface area contributed by atoms with Gasteiger partial charge in [-0.15, -0.1) is 11.3 Å². The summed E-state index contributed by atoms with van der Waals surface area (Å²) in [5.41, 5.74) is 0.798. The summed E-state index contributed by atoms with van der Waals surface area (Å²) in [6, 6.07) is 0. The molecule has 0 unspecified atom stereocenters. The molecule has 108 valence electrons. The van der Waals surface area contributed by atoms with Gasteiger partial charge in [-0.05, 0) is 17.9 Å². The van der Waals surface area contributed by atoms with Crippen LogP contribution >= 0.6 is 22.7 Å². The second-order valence-corrected chi connectivity index (χ2v) is 7.31. The number of aromatic nitrogens is 1. The van der Waals surface area contributed by atoms with Gasteiger partial charge in [-0.3, -0.25) is 4.79 Å². The SMILES string of the molecule is Cc1csc(C(=O)O)c1S(=O)(=O)NCc1csc(=O)[nH]1. The maximum absolute atomic E-state index is 12.2. The zero-order valence-corrected chi connectivity index (χ0v) is 12.6. The van der Waals surface area contributed by atoms with Gasteiger partial charge in [-0.2, -0.15) is 0 Å². The Hall–Kier alpha value is -1.49. The van der Waals surface area contributed by atoms with Crippen molar-refractivity contribution < 1.29 is 18.3 Å². The molecule has 0 saturated carbocycles. The number of aromatic amines is 1. The van der Waals surface area contributed by atoms with E-state index in [0.717, 1.165) is 22.7 Å². The number of aromatic carboxylic acids is 1. The van der Waals surface area contributed by atoms with Crippen LogP contribution in [0.3, 0.4) is 0 Å². The molecule has 0 aliphatic carbocycles. The third-order valence-corrected chi connectivity index (χ3v) is 5.93. The predicted octanol–water partition coefficient (Wildman–Crippen LogP) is 0.983. The van der Waals surface area contributed by atoms with Crippen molar-refractivity contribution in [2.75, 3.05) is 0 Å². The summed E-state index contributed by atoms with van der Waals surface area (Å²) < 4.78 is 26.6. The Morgan fingerprint density at radius 3 is 2.65 bits per heavy atom. The smallest absolute Gasteiger partial charge is 0.347 e. The number of hydrogen-bond acceptors (Lipinski definition) is 6. The highest BCUT2D eigenvalue weighted by molar-refractivity contribution is 7.89.